The van der Waals surface area contributed by atoms with Crippen molar-refractivity contribution in [2.24, 2.45) is 0 Å². The molecule has 0 saturated carbocycles. The van der Waals surface area contributed by atoms with Crippen LogP contribution in [-0.2, 0) is 13.0 Å². The summed E-state index contributed by atoms with van der Waals surface area (Å²) in [4.78, 5) is 0. The van der Waals surface area contributed by atoms with Crippen molar-refractivity contribution in [3.05, 3.63) is 36.0 Å². The zero-order valence-electron chi connectivity index (χ0n) is 11.1. The molecular weight excluding hydrogens is 224 g/mol. The van der Waals surface area contributed by atoms with Crippen molar-refractivity contribution in [1.82, 2.24) is 9.78 Å². The maximum absolute atomic E-state index is 10.3. The zero-order chi connectivity index (χ0) is 13.0. The van der Waals surface area contributed by atoms with Crippen molar-refractivity contribution in [1.29, 1.82) is 0 Å². The Morgan fingerprint density at radius 1 is 1.11 bits per heavy atom. The second-order valence-corrected chi connectivity index (χ2v) is 4.48. The Kier molecular flexibility index (Phi) is 4.03. The lowest BCUT2D eigenvalue weighted by Crippen LogP contribution is -1.98. The average Bonchev–Trinajstić information content (AvgIpc) is 2.68. The van der Waals surface area contributed by atoms with Crippen LogP contribution < -0.4 is 0 Å². The smallest absolute Gasteiger partial charge is 0.217 e. The summed E-state index contributed by atoms with van der Waals surface area (Å²) in [5, 5.41) is 14.9. The van der Waals surface area contributed by atoms with Crippen molar-refractivity contribution in [2.45, 2.75) is 39.7 Å². The van der Waals surface area contributed by atoms with E-state index in [9.17, 15) is 5.11 Å². The van der Waals surface area contributed by atoms with E-state index < -0.39 is 0 Å². The Bertz CT molecular complexity index is 503. The van der Waals surface area contributed by atoms with E-state index in [1.807, 2.05) is 30.3 Å². The van der Waals surface area contributed by atoms with Gasteiger partial charge in [-0.15, -0.1) is 0 Å². The molecule has 0 aliphatic heterocycles. The lowest BCUT2D eigenvalue weighted by molar-refractivity contribution is 0.398. The number of aryl methyl sites for hydroxylation is 2. The van der Waals surface area contributed by atoms with E-state index in [2.05, 4.69) is 18.9 Å². The molecule has 96 valence electrons. The van der Waals surface area contributed by atoms with Crippen LogP contribution in [0.4, 0.5) is 0 Å². The zero-order valence-corrected chi connectivity index (χ0v) is 11.1. The van der Waals surface area contributed by atoms with Crippen LogP contribution in [0.15, 0.2) is 30.3 Å². The minimum Gasteiger partial charge on any atom is -0.493 e. The van der Waals surface area contributed by atoms with Gasteiger partial charge < -0.3 is 5.11 Å². The van der Waals surface area contributed by atoms with E-state index in [-0.39, 0.29) is 0 Å². The van der Waals surface area contributed by atoms with Gasteiger partial charge in [0.25, 0.3) is 0 Å². The Morgan fingerprint density at radius 3 is 2.44 bits per heavy atom. The third-order valence-electron chi connectivity index (χ3n) is 2.98. The van der Waals surface area contributed by atoms with Gasteiger partial charge in [-0.2, -0.15) is 5.10 Å². The number of nitrogens with zero attached hydrogens (tertiary/aromatic N) is 2. The van der Waals surface area contributed by atoms with Gasteiger partial charge in [0.15, 0.2) is 0 Å². The third kappa shape index (κ3) is 2.40. The van der Waals surface area contributed by atoms with E-state index in [0.717, 1.165) is 42.6 Å². The number of aromatic hydroxyl groups is 1. The molecule has 1 aromatic heterocycles. The van der Waals surface area contributed by atoms with Crippen LogP contribution in [0.1, 0.15) is 32.4 Å². The second-order valence-electron chi connectivity index (χ2n) is 4.48. The van der Waals surface area contributed by atoms with E-state index in [1.165, 1.54) is 0 Å². The average molecular weight is 244 g/mol. The molecule has 0 aliphatic carbocycles. The Balaban J connectivity index is 2.50. The largest absolute Gasteiger partial charge is 0.493 e. The Morgan fingerprint density at radius 2 is 1.83 bits per heavy atom. The van der Waals surface area contributed by atoms with E-state index in [4.69, 9.17) is 0 Å². The number of rotatable bonds is 5. The molecule has 0 aliphatic rings. The molecule has 0 bridgehead atoms. The van der Waals surface area contributed by atoms with E-state index >= 15 is 0 Å². The number of hydrogen-bond donors (Lipinski definition) is 1. The summed E-state index contributed by atoms with van der Waals surface area (Å²) in [6, 6.07) is 10.00. The number of hydrogen-bond acceptors (Lipinski definition) is 2. The van der Waals surface area contributed by atoms with Gasteiger partial charge in [-0.05, 0) is 18.4 Å². The molecular formula is C15H20N2O. The van der Waals surface area contributed by atoms with Gasteiger partial charge in [-0.25, -0.2) is 4.68 Å². The monoisotopic (exact) mass is 244 g/mol. The predicted molar refractivity (Wildman–Crippen MR) is 73.6 cm³/mol. The maximum Gasteiger partial charge on any atom is 0.217 e. The third-order valence-corrected chi connectivity index (χ3v) is 2.98. The van der Waals surface area contributed by atoms with Crippen molar-refractivity contribution in [3.63, 3.8) is 0 Å². The van der Waals surface area contributed by atoms with Crippen molar-refractivity contribution in [2.75, 3.05) is 0 Å². The summed E-state index contributed by atoms with van der Waals surface area (Å²) in [6.07, 6.45) is 2.89. The first-order chi connectivity index (χ1) is 8.77. The van der Waals surface area contributed by atoms with Crippen LogP contribution in [-0.4, -0.2) is 14.9 Å². The molecule has 1 aromatic carbocycles. The minimum atomic E-state index is 0.298. The fraction of sp³-hybridized carbons (Fsp3) is 0.400. The minimum absolute atomic E-state index is 0.298. The van der Waals surface area contributed by atoms with Crippen LogP contribution >= 0.6 is 0 Å². The lowest BCUT2D eigenvalue weighted by atomic mass is 10.0. The van der Waals surface area contributed by atoms with Crippen LogP contribution in [0.5, 0.6) is 5.88 Å². The summed E-state index contributed by atoms with van der Waals surface area (Å²) < 4.78 is 1.72. The molecule has 18 heavy (non-hydrogen) atoms. The maximum atomic E-state index is 10.3. The van der Waals surface area contributed by atoms with E-state index in [0.29, 0.717) is 5.88 Å². The van der Waals surface area contributed by atoms with Gasteiger partial charge in [0.1, 0.15) is 0 Å². The molecule has 0 saturated heterocycles. The SMILES string of the molecule is CCCc1nn(CCC)c(O)c1-c1ccccc1. The molecule has 2 aromatic rings. The fourth-order valence-corrected chi connectivity index (χ4v) is 2.18. The highest BCUT2D eigenvalue weighted by atomic mass is 16.3. The van der Waals surface area contributed by atoms with Crippen molar-refractivity contribution < 1.29 is 5.11 Å². The molecule has 1 N–H and O–H groups in total. The van der Waals surface area contributed by atoms with Crippen LogP contribution in [0.3, 0.4) is 0 Å². The van der Waals surface area contributed by atoms with Gasteiger partial charge >= 0.3 is 0 Å². The molecule has 0 radical (unpaired) electrons. The quantitative estimate of drug-likeness (QED) is 0.872. The summed E-state index contributed by atoms with van der Waals surface area (Å²) >= 11 is 0. The Hall–Kier alpha value is -1.77. The second kappa shape index (κ2) is 5.71. The first kappa shape index (κ1) is 12.7. The number of aromatic nitrogens is 2. The first-order valence-corrected chi connectivity index (χ1v) is 6.62. The number of benzene rings is 1. The van der Waals surface area contributed by atoms with Crippen LogP contribution in [0.25, 0.3) is 11.1 Å². The van der Waals surface area contributed by atoms with Gasteiger partial charge in [0.2, 0.25) is 5.88 Å². The highest BCUT2D eigenvalue weighted by Gasteiger charge is 2.17. The summed E-state index contributed by atoms with van der Waals surface area (Å²) in [6.45, 7) is 4.98. The normalized spacial score (nSPS) is 10.8. The van der Waals surface area contributed by atoms with Gasteiger partial charge in [0.05, 0.1) is 11.3 Å². The highest BCUT2D eigenvalue weighted by Crippen LogP contribution is 2.33. The molecule has 1 heterocycles. The predicted octanol–water partition coefficient (Wildman–Crippen LogP) is 3.62. The molecule has 0 fully saturated rings. The molecule has 3 nitrogen and oxygen atoms in total. The van der Waals surface area contributed by atoms with Gasteiger partial charge in [0, 0.05) is 6.54 Å². The topological polar surface area (TPSA) is 38.0 Å². The molecule has 0 spiro atoms. The van der Waals surface area contributed by atoms with Crippen molar-refractivity contribution in [3.8, 4) is 17.0 Å². The van der Waals surface area contributed by atoms with Crippen molar-refractivity contribution >= 4 is 0 Å². The molecule has 0 amide bonds. The standard InChI is InChI=1S/C15H20N2O/c1-3-8-13-14(12-9-6-5-7-10-12)15(18)17(16-13)11-4-2/h5-7,9-10,18H,3-4,8,11H2,1-2H3. The molecule has 2 rings (SSSR count). The molecule has 0 atom stereocenters. The van der Waals surface area contributed by atoms with Crippen LogP contribution in [0.2, 0.25) is 0 Å². The van der Waals surface area contributed by atoms with Crippen LogP contribution in [0, 0.1) is 0 Å². The lowest BCUT2D eigenvalue weighted by Gasteiger charge is -2.02. The van der Waals surface area contributed by atoms with Gasteiger partial charge in [-0.3, -0.25) is 0 Å². The summed E-state index contributed by atoms with van der Waals surface area (Å²) in [5.41, 5.74) is 2.93. The summed E-state index contributed by atoms with van der Waals surface area (Å²) in [5.74, 6) is 0.298. The molecule has 0 unspecified atom stereocenters. The molecule has 3 heteroatoms. The highest BCUT2D eigenvalue weighted by molar-refractivity contribution is 5.71. The first-order valence-electron chi connectivity index (χ1n) is 6.62. The van der Waals surface area contributed by atoms with E-state index in [1.54, 1.807) is 4.68 Å². The van der Waals surface area contributed by atoms with Gasteiger partial charge in [-0.1, -0.05) is 50.6 Å². The Labute approximate surface area is 108 Å². The summed E-state index contributed by atoms with van der Waals surface area (Å²) in [7, 11) is 0. The fourth-order valence-electron chi connectivity index (χ4n) is 2.18.